The van der Waals surface area contributed by atoms with Gasteiger partial charge in [0.05, 0.1) is 13.7 Å². The van der Waals surface area contributed by atoms with Crippen molar-refractivity contribution in [2.45, 2.75) is 13.2 Å². The van der Waals surface area contributed by atoms with Crippen LogP contribution in [0, 0.1) is 0 Å². The van der Waals surface area contributed by atoms with Crippen LogP contribution in [0.4, 0.5) is 0 Å². The Balaban J connectivity index is 2.35. The molecule has 0 saturated carbocycles. The maximum atomic E-state index is 9.11. The fourth-order valence-corrected chi connectivity index (χ4v) is 1.92. The Labute approximate surface area is 121 Å². The number of ether oxygens (including phenoxy) is 2. The van der Waals surface area contributed by atoms with Crippen molar-refractivity contribution < 1.29 is 14.6 Å². The molecule has 106 valence electrons. The lowest BCUT2D eigenvalue weighted by Crippen LogP contribution is -2.00. The van der Waals surface area contributed by atoms with Crippen molar-refractivity contribution in [2.75, 3.05) is 7.11 Å². The first-order chi connectivity index (χ1) is 9.69. The summed E-state index contributed by atoms with van der Waals surface area (Å²) in [5.41, 5.74) is 7.06. The highest BCUT2D eigenvalue weighted by Gasteiger charge is 2.12. The molecule has 0 amide bonds. The molecule has 20 heavy (non-hydrogen) atoms. The van der Waals surface area contributed by atoms with Gasteiger partial charge in [-0.3, -0.25) is 0 Å². The summed E-state index contributed by atoms with van der Waals surface area (Å²) in [4.78, 5) is 4.09. The van der Waals surface area contributed by atoms with Crippen molar-refractivity contribution in [2.24, 2.45) is 5.73 Å². The minimum absolute atomic E-state index is 0.0711. The number of benzene rings is 1. The minimum Gasteiger partial charge on any atom is -0.493 e. The van der Waals surface area contributed by atoms with Gasteiger partial charge in [0.25, 0.3) is 0 Å². The number of aliphatic hydroxyl groups is 1. The highest BCUT2D eigenvalue weighted by Crippen LogP contribution is 2.35. The molecule has 0 atom stereocenters. The van der Waals surface area contributed by atoms with Gasteiger partial charge in [-0.15, -0.1) is 0 Å². The minimum atomic E-state index is -0.0711. The predicted molar refractivity (Wildman–Crippen MR) is 76.1 cm³/mol. The zero-order valence-electron chi connectivity index (χ0n) is 11.0. The second-order valence-corrected chi connectivity index (χ2v) is 4.42. The summed E-state index contributed by atoms with van der Waals surface area (Å²) < 4.78 is 10.9. The third-order valence-corrected chi connectivity index (χ3v) is 3.18. The van der Waals surface area contributed by atoms with Crippen molar-refractivity contribution in [3.63, 3.8) is 0 Å². The van der Waals surface area contributed by atoms with Crippen LogP contribution in [0.15, 0.2) is 30.5 Å². The maximum Gasteiger partial charge on any atom is 0.238 e. The van der Waals surface area contributed by atoms with Gasteiger partial charge in [0.15, 0.2) is 11.5 Å². The van der Waals surface area contributed by atoms with Crippen molar-refractivity contribution in [1.82, 2.24) is 4.98 Å². The number of hydrogen-bond donors (Lipinski definition) is 2. The van der Waals surface area contributed by atoms with E-state index in [1.807, 2.05) is 0 Å². The van der Waals surface area contributed by atoms with E-state index in [2.05, 4.69) is 4.98 Å². The summed E-state index contributed by atoms with van der Waals surface area (Å²) >= 11 is 6.16. The Bertz CT molecular complexity index is 605. The zero-order valence-corrected chi connectivity index (χ0v) is 11.7. The van der Waals surface area contributed by atoms with Crippen molar-refractivity contribution in [3.8, 4) is 17.4 Å². The lowest BCUT2D eigenvalue weighted by molar-refractivity contribution is 0.280. The lowest BCUT2D eigenvalue weighted by Gasteiger charge is -2.12. The van der Waals surface area contributed by atoms with Gasteiger partial charge in [-0.25, -0.2) is 4.98 Å². The molecule has 0 aliphatic carbocycles. The number of rotatable bonds is 5. The van der Waals surface area contributed by atoms with Gasteiger partial charge in [-0.05, 0) is 29.3 Å². The molecule has 2 rings (SSSR count). The maximum absolute atomic E-state index is 9.11. The fourth-order valence-electron chi connectivity index (χ4n) is 1.69. The van der Waals surface area contributed by atoms with Crippen LogP contribution < -0.4 is 15.2 Å². The number of pyridine rings is 1. The molecule has 2 aromatic rings. The summed E-state index contributed by atoms with van der Waals surface area (Å²) in [6.07, 6.45) is 1.58. The van der Waals surface area contributed by atoms with E-state index < -0.39 is 0 Å². The molecule has 0 saturated heterocycles. The summed E-state index contributed by atoms with van der Waals surface area (Å²) in [6, 6.07) is 6.85. The quantitative estimate of drug-likeness (QED) is 0.886. The summed E-state index contributed by atoms with van der Waals surface area (Å²) in [7, 11) is 1.52. The molecule has 0 spiro atoms. The molecule has 0 fully saturated rings. The molecule has 1 heterocycles. The standard InChI is InChI=1S/C14H15ClN2O3/c1-19-12-6-9(8-18)2-3-11(12)20-14-13(15)10(7-16)4-5-17-14/h2-6,18H,7-8,16H2,1H3. The van der Waals surface area contributed by atoms with Gasteiger partial charge in [0, 0.05) is 12.7 Å². The van der Waals surface area contributed by atoms with Crippen LogP contribution in [0.25, 0.3) is 0 Å². The molecule has 0 aliphatic rings. The summed E-state index contributed by atoms with van der Waals surface area (Å²) in [5.74, 6) is 1.23. The van der Waals surface area contributed by atoms with Crippen LogP contribution in [-0.2, 0) is 13.2 Å². The van der Waals surface area contributed by atoms with Crippen LogP contribution in [0.1, 0.15) is 11.1 Å². The molecule has 1 aromatic heterocycles. The van der Waals surface area contributed by atoms with E-state index in [1.165, 1.54) is 7.11 Å². The van der Waals surface area contributed by atoms with Gasteiger partial charge < -0.3 is 20.3 Å². The Morgan fingerprint density at radius 1 is 1.30 bits per heavy atom. The van der Waals surface area contributed by atoms with Crippen molar-refractivity contribution >= 4 is 11.6 Å². The molecule has 0 aliphatic heterocycles. The molecule has 1 aromatic carbocycles. The Hall–Kier alpha value is -1.82. The topological polar surface area (TPSA) is 77.6 Å². The second-order valence-electron chi connectivity index (χ2n) is 4.04. The smallest absolute Gasteiger partial charge is 0.238 e. The third-order valence-electron chi connectivity index (χ3n) is 2.77. The number of methoxy groups -OCH3 is 1. The SMILES string of the molecule is COc1cc(CO)ccc1Oc1nccc(CN)c1Cl. The third kappa shape index (κ3) is 3.01. The first-order valence-corrected chi connectivity index (χ1v) is 6.36. The zero-order chi connectivity index (χ0) is 14.5. The van der Waals surface area contributed by atoms with E-state index in [0.717, 1.165) is 11.1 Å². The summed E-state index contributed by atoms with van der Waals surface area (Å²) in [6.45, 7) is 0.233. The first kappa shape index (κ1) is 14.6. The molecule has 0 unspecified atom stereocenters. The molecule has 5 nitrogen and oxygen atoms in total. The lowest BCUT2D eigenvalue weighted by atomic mass is 10.2. The number of aromatic nitrogens is 1. The average molecular weight is 295 g/mol. The van der Waals surface area contributed by atoms with Gasteiger partial charge in [0.2, 0.25) is 5.88 Å². The number of halogens is 1. The highest BCUT2D eigenvalue weighted by molar-refractivity contribution is 6.32. The number of nitrogens with two attached hydrogens (primary N) is 1. The fraction of sp³-hybridized carbons (Fsp3) is 0.214. The van der Waals surface area contributed by atoms with Gasteiger partial charge in [0.1, 0.15) is 5.02 Å². The summed E-state index contributed by atoms with van der Waals surface area (Å²) in [5, 5.41) is 9.48. The van der Waals surface area contributed by atoms with Crippen molar-refractivity contribution in [1.29, 1.82) is 0 Å². The van der Waals surface area contributed by atoms with E-state index in [0.29, 0.717) is 23.1 Å². The highest BCUT2D eigenvalue weighted by atomic mass is 35.5. The number of hydrogen-bond acceptors (Lipinski definition) is 5. The van der Waals surface area contributed by atoms with Gasteiger partial charge in [-0.2, -0.15) is 0 Å². The predicted octanol–water partition coefficient (Wildman–Crippen LogP) is 2.49. The van der Waals surface area contributed by atoms with Crippen LogP contribution >= 0.6 is 11.6 Å². The molecular formula is C14H15ClN2O3. The van der Waals surface area contributed by atoms with Crippen LogP contribution in [0.2, 0.25) is 5.02 Å². The average Bonchev–Trinajstić information content (AvgIpc) is 2.49. The monoisotopic (exact) mass is 294 g/mol. The molecule has 0 radical (unpaired) electrons. The normalized spacial score (nSPS) is 10.4. The van der Waals surface area contributed by atoms with Crippen molar-refractivity contribution in [3.05, 3.63) is 46.6 Å². The molecule has 0 bridgehead atoms. The Kier molecular flexibility index (Phi) is 4.79. The first-order valence-electron chi connectivity index (χ1n) is 5.98. The Morgan fingerprint density at radius 3 is 2.75 bits per heavy atom. The van der Waals surface area contributed by atoms with Crippen LogP contribution in [0.5, 0.6) is 17.4 Å². The van der Waals surface area contributed by atoms with E-state index in [1.54, 1.807) is 30.5 Å². The van der Waals surface area contributed by atoms with Gasteiger partial charge >= 0.3 is 0 Å². The Morgan fingerprint density at radius 2 is 2.10 bits per heavy atom. The van der Waals surface area contributed by atoms with E-state index in [4.69, 9.17) is 31.9 Å². The van der Waals surface area contributed by atoms with E-state index in [9.17, 15) is 0 Å². The largest absolute Gasteiger partial charge is 0.493 e. The van der Waals surface area contributed by atoms with Crippen LogP contribution in [0.3, 0.4) is 0 Å². The van der Waals surface area contributed by atoms with Crippen LogP contribution in [-0.4, -0.2) is 17.2 Å². The number of aliphatic hydroxyl groups excluding tert-OH is 1. The molecule has 6 heteroatoms. The van der Waals surface area contributed by atoms with E-state index in [-0.39, 0.29) is 12.5 Å². The molecule has 3 N–H and O–H groups in total. The second kappa shape index (κ2) is 6.56. The number of nitrogens with zero attached hydrogens (tertiary/aromatic N) is 1. The van der Waals surface area contributed by atoms with Gasteiger partial charge in [-0.1, -0.05) is 17.7 Å². The van der Waals surface area contributed by atoms with E-state index >= 15 is 0 Å². The molecular weight excluding hydrogens is 280 g/mol.